The van der Waals surface area contributed by atoms with Gasteiger partial charge >= 0.3 is 0 Å². The Labute approximate surface area is 448 Å². The third-order valence-electron chi connectivity index (χ3n) is 16.1. The molecule has 0 unspecified atom stereocenters. The maximum absolute atomic E-state index is 7.34. The Morgan fingerprint density at radius 2 is 1.17 bits per heavy atom. The molecule has 0 atom stereocenters. The zero-order valence-electron chi connectivity index (χ0n) is 44.7. The average molecular weight is 1000 g/mol. The summed E-state index contributed by atoms with van der Waals surface area (Å²) < 4.78 is 19.6. The average Bonchev–Trinajstić information content (AvgIpc) is 4.28. The Kier molecular flexibility index (Phi) is 10.2. The number of anilines is 2. The molecule has 4 nitrogen and oxygen atoms in total. The fourth-order valence-corrected chi connectivity index (χ4v) is 13.2. The molecule has 0 fully saturated rings. The van der Waals surface area contributed by atoms with Crippen LogP contribution in [0.25, 0.3) is 104 Å². The number of nitrogens with one attached hydrogen (secondary N) is 1. The third kappa shape index (κ3) is 7.39. The molecule has 0 saturated heterocycles. The lowest BCUT2D eigenvalue weighted by Crippen LogP contribution is -2.35. The van der Waals surface area contributed by atoms with Crippen LogP contribution in [0, 0.1) is 0 Å². The van der Waals surface area contributed by atoms with E-state index in [0.717, 1.165) is 90.4 Å². The second-order valence-electron chi connectivity index (χ2n) is 24.2. The molecule has 14 rings (SSSR count). The van der Waals surface area contributed by atoms with Gasteiger partial charge in [-0.1, -0.05) is 172 Å². The summed E-state index contributed by atoms with van der Waals surface area (Å²) in [6.45, 7) is 20.7. The molecule has 0 aliphatic carbocycles. The fraction of sp³-hybridized carbons (Fsp3) is 0.171. The molecule has 0 saturated carbocycles. The molecule has 1 aliphatic rings. The minimum absolute atomic E-state index is 0.00664. The molecule has 6 heteroatoms. The van der Waals surface area contributed by atoms with E-state index < -0.39 is 0 Å². The number of hydrogen-bond donors (Lipinski definition) is 1. The number of thiophene rings is 1. The van der Waals surface area contributed by atoms with Gasteiger partial charge in [0.05, 0.1) is 27.8 Å². The van der Waals surface area contributed by atoms with E-state index in [1.807, 2.05) is 11.3 Å². The van der Waals surface area contributed by atoms with Crippen LogP contribution >= 0.6 is 11.3 Å². The van der Waals surface area contributed by atoms with Crippen LogP contribution in [0.5, 0.6) is 0 Å². The standard InChI is InChI=1S/C70H59BN2O2S/c1-68(2,3)43-25-29-46(30-26-43)72-54-39-58-50(49-35-42(24-32-57(49)74-58)48(41-20-14-11-15-21-41)34-40-18-12-10-13-19-40)38-51(54)60-61-47-22-16-17-23-56(47)75-66(61)62-52-36-44(69(4,5)6)27-31-55(52)73-64-53-37-45(70(7,8)9)28-33-59(53)76-67(64)71-63(60)65(62)73/h10-39,71-72H,1-9H3/b48-34+. The molecule has 1 N–H and O–H groups in total. The number of fused-ring (bicyclic) bond motifs is 14. The molecule has 76 heavy (non-hydrogen) atoms. The van der Waals surface area contributed by atoms with Crippen LogP contribution < -0.4 is 15.6 Å². The van der Waals surface area contributed by atoms with E-state index in [0.29, 0.717) is 0 Å². The summed E-state index contributed by atoms with van der Waals surface area (Å²) in [7, 11) is 0.766. The first-order chi connectivity index (χ1) is 36.5. The maximum atomic E-state index is 7.34. The third-order valence-corrected chi connectivity index (χ3v) is 17.2. The van der Waals surface area contributed by atoms with Crippen LogP contribution in [0.3, 0.4) is 0 Å². The van der Waals surface area contributed by atoms with Crippen LogP contribution in [-0.4, -0.2) is 11.8 Å². The summed E-state index contributed by atoms with van der Waals surface area (Å²) >= 11 is 1.94. The number of hydrogen-bond acceptors (Lipinski definition) is 4. The van der Waals surface area contributed by atoms with Crippen molar-refractivity contribution in [2.45, 2.75) is 78.6 Å². The molecule has 9 aromatic carbocycles. The van der Waals surface area contributed by atoms with Gasteiger partial charge in [0.2, 0.25) is 7.28 Å². The predicted molar refractivity (Wildman–Crippen MR) is 328 cm³/mol. The number of furan rings is 2. The Balaban J connectivity index is 1.11. The fourth-order valence-electron chi connectivity index (χ4n) is 12.0. The van der Waals surface area contributed by atoms with E-state index in [1.54, 1.807) is 0 Å². The number of benzene rings is 9. The quantitative estimate of drug-likeness (QED) is 0.133. The molecule has 370 valence electrons. The van der Waals surface area contributed by atoms with Crippen LogP contribution in [0.1, 0.15) is 95.7 Å². The monoisotopic (exact) mass is 1000 g/mol. The molecule has 0 spiro atoms. The van der Waals surface area contributed by atoms with E-state index in [2.05, 4.69) is 254 Å². The van der Waals surface area contributed by atoms with Crippen LogP contribution in [0.15, 0.2) is 185 Å². The summed E-state index contributed by atoms with van der Waals surface area (Å²) in [4.78, 5) is 0. The zero-order chi connectivity index (χ0) is 52.0. The molecular formula is C70H59BN2O2S. The first-order valence-electron chi connectivity index (χ1n) is 26.8. The van der Waals surface area contributed by atoms with Crippen molar-refractivity contribution < 1.29 is 8.83 Å². The molecule has 5 heterocycles. The highest BCUT2D eigenvalue weighted by Crippen LogP contribution is 2.50. The van der Waals surface area contributed by atoms with Crippen molar-refractivity contribution in [3.05, 3.63) is 209 Å². The Hall–Kier alpha value is -8.06. The smallest absolute Gasteiger partial charge is 0.211 e. The van der Waals surface area contributed by atoms with E-state index in [1.165, 1.54) is 70.1 Å². The van der Waals surface area contributed by atoms with Crippen molar-refractivity contribution in [3.63, 3.8) is 0 Å². The van der Waals surface area contributed by atoms with Crippen LogP contribution in [0.4, 0.5) is 11.4 Å². The molecule has 0 radical (unpaired) electrons. The predicted octanol–water partition coefficient (Wildman–Crippen LogP) is 18.4. The highest BCUT2D eigenvalue weighted by Gasteiger charge is 2.35. The molecule has 0 bridgehead atoms. The summed E-state index contributed by atoms with van der Waals surface area (Å²) in [6.07, 6.45) is 2.30. The zero-order valence-corrected chi connectivity index (χ0v) is 45.5. The van der Waals surface area contributed by atoms with E-state index in [-0.39, 0.29) is 16.2 Å². The van der Waals surface area contributed by atoms with E-state index >= 15 is 0 Å². The second-order valence-corrected chi connectivity index (χ2v) is 25.3. The normalized spacial score (nSPS) is 13.2. The van der Waals surface area contributed by atoms with Crippen LogP contribution in [0.2, 0.25) is 0 Å². The van der Waals surface area contributed by atoms with Crippen molar-refractivity contribution in [2.75, 3.05) is 5.32 Å². The van der Waals surface area contributed by atoms with Gasteiger partial charge in [0.25, 0.3) is 0 Å². The van der Waals surface area contributed by atoms with Gasteiger partial charge in [-0.25, -0.2) is 0 Å². The van der Waals surface area contributed by atoms with E-state index in [4.69, 9.17) is 8.83 Å². The molecule has 13 aromatic rings. The van der Waals surface area contributed by atoms with Crippen molar-refractivity contribution in [1.82, 2.24) is 4.57 Å². The summed E-state index contributed by atoms with van der Waals surface area (Å²) in [5, 5.41) is 12.1. The summed E-state index contributed by atoms with van der Waals surface area (Å²) in [5.41, 5.74) is 21.2. The van der Waals surface area contributed by atoms with Gasteiger partial charge < -0.3 is 18.7 Å². The van der Waals surface area contributed by atoms with Crippen molar-refractivity contribution in [2.24, 2.45) is 0 Å². The lowest BCUT2D eigenvalue weighted by molar-refractivity contribution is 0.590. The SMILES string of the molecule is CC(C)(C)c1ccc(Nc2cc3oc4ccc(/C(=C/c5ccccc5)c5ccccc5)cc4c3cc2-c2c3c4c(c5cc(C(C)(C)C)ccc5n4-c4c(sc5ccc(C(C)(C)C)cc45)B3)c3oc4ccccc4c23)cc1. The van der Waals surface area contributed by atoms with Crippen molar-refractivity contribution >= 4 is 128 Å². The largest absolute Gasteiger partial charge is 0.456 e. The Morgan fingerprint density at radius 1 is 0.526 bits per heavy atom. The van der Waals surface area contributed by atoms with E-state index in [9.17, 15) is 0 Å². The van der Waals surface area contributed by atoms with Gasteiger partial charge in [-0.3, -0.25) is 0 Å². The van der Waals surface area contributed by atoms with Gasteiger partial charge in [0.15, 0.2) is 0 Å². The van der Waals surface area contributed by atoms with Gasteiger partial charge in [0, 0.05) is 54.3 Å². The molecular weight excluding hydrogens is 944 g/mol. The van der Waals surface area contributed by atoms with Crippen molar-refractivity contribution in [3.8, 4) is 16.8 Å². The Bertz CT molecular complexity index is 4550. The second kappa shape index (κ2) is 16.7. The highest BCUT2D eigenvalue weighted by atomic mass is 32.1. The first kappa shape index (κ1) is 46.5. The van der Waals surface area contributed by atoms with Crippen molar-refractivity contribution in [1.29, 1.82) is 0 Å². The lowest BCUT2D eigenvalue weighted by Gasteiger charge is -2.24. The van der Waals surface area contributed by atoms with Gasteiger partial charge in [-0.15, -0.1) is 11.3 Å². The minimum Gasteiger partial charge on any atom is -0.456 e. The number of para-hydroxylation sites is 1. The molecule has 0 amide bonds. The van der Waals surface area contributed by atoms with Crippen LogP contribution in [-0.2, 0) is 16.2 Å². The maximum Gasteiger partial charge on any atom is 0.211 e. The minimum atomic E-state index is -0.0616. The number of aromatic nitrogens is 1. The molecule has 1 aliphatic heterocycles. The summed E-state index contributed by atoms with van der Waals surface area (Å²) in [5.74, 6) is 0. The topological polar surface area (TPSA) is 43.2 Å². The number of nitrogens with zero attached hydrogens (tertiary/aromatic N) is 1. The first-order valence-corrected chi connectivity index (χ1v) is 27.6. The highest BCUT2D eigenvalue weighted by molar-refractivity contribution is 7.29. The van der Waals surface area contributed by atoms with Gasteiger partial charge in [0.1, 0.15) is 22.3 Å². The Morgan fingerprint density at radius 3 is 1.91 bits per heavy atom. The lowest BCUT2D eigenvalue weighted by atomic mass is 9.62. The van der Waals surface area contributed by atoms with Gasteiger partial charge in [-0.2, -0.15) is 0 Å². The van der Waals surface area contributed by atoms with Gasteiger partial charge in [-0.05, 0) is 138 Å². The number of rotatable bonds is 6. The molecule has 4 aromatic heterocycles. The summed E-state index contributed by atoms with van der Waals surface area (Å²) in [6, 6.07) is 64.7.